The largest absolute Gasteiger partial charge is 0.327 e. The van der Waals surface area contributed by atoms with E-state index in [2.05, 4.69) is 12.2 Å². The van der Waals surface area contributed by atoms with Crippen LogP contribution in [-0.4, -0.2) is 41.8 Å². The first-order valence-electron chi connectivity index (χ1n) is 9.68. The van der Waals surface area contributed by atoms with Gasteiger partial charge in [0.25, 0.3) is 5.91 Å². The van der Waals surface area contributed by atoms with Gasteiger partial charge in [-0.25, -0.2) is 0 Å². The summed E-state index contributed by atoms with van der Waals surface area (Å²) in [6, 6.07) is 14.2. The second-order valence-corrected chi connectivity index (χ2v) is 7.20. The molecule has 0 aromatic heterocycles. The van der Waals surface area contributed by atoms with Crippen LogP contribution in [0.2, 0.25) is 0 Å². The first kappa shape index (κ1) is 18.2. The third-order valence-corrected chi connectivity index (χ3v) is 5.44. The number of nitrogens with zero attached hydrogens (tertiary/aromatic N) is 2. The molecule has 0 radical (unpaired) electrons. The molecule has 4 rings (SSSR count). The van der Waals surface area contributed by atoms with Gasteiger partial charge in [-0.3, -0.25) is 14.4 Å². The lowest BCUT2D eigenvalue weighted by Crippen LogP contribution is -2.47. The van der Waals surface area contributed by atoms with Gasteiger partial charge in [0.2, 0.25) is 11.8 Å². The van der Waals surface area contributed by atoms with Crippen LogP contribution < -0.4 is 10.2 Å². The molecule has 6 heteroatoms. The Morgan fingerprint density at radius 1 is 1.11 bits per heavy atom. The number of anilines is 2. The van der Waals surface area contributed by atoms with Crippen molar-refractivity contribution >= 4 is 29.1 Å². The minimum Gasteiger partial charge on any atom is -0.327 e. The van der Waals surface area contributed by atoms with Crippen LogP contribution in [0.25, 0.3) is 0 Å². The van der Waals surface area contributed by atoms with Crippen molar-refractivity contribution in [2.75, 3.05) is 23.3 Å². The van der Waals surface area contributed by atoms with Crippen LogP contribution in [0.4, 0.5) is 11.4 Å². The summed E-state index contributed by atoms with van der Waals surface area (Å²) in [5.41, 5.74) is 2.86. The highest BCUT2D eigenvalue weighted by atomic mass is 16.2. The number of carbonyl (C=O) groups is 3. The van der Waals surface area contributed by atoms with Gasteiger partial charge in [0.15, 0.2) is 0 Å². The molecule has 2 aliphatic rings. The van der Waals surface area contributed by atoms with E-state index in [0.717, 1.165) is 12.8 Å². The lowest BCUT2D eigenvalue weighted by atomic mass is 10.1. The topological polar surface area (TPSA) is 69.7 Å². The summed E-state index contributed by atoms with van der Waals surface area (Å²) >= 11 is 0. The molecular formula is C22H23N3O3. The van der Waals surface area contributed by atoms with Gasteiger partial charge in [-0.2, -0.15) is 0 Å². The number of para-hydroxylation sites is 1. The number of nitrogens with one attached hydrogen (secondary N) is 1. The zero-order valence-corrected chi connectivity index (χ0v) is 15.9. The van der Waals surface area contributed by atoms with Gasteiger partial charge >= 0.3 is 0 Å². The molecule has 1 atom stereocenters. The van der Waals surface area contributed by atoms with E-state index < -0.39 is 6.04 Å². The van der Waals surface area contributed by atoms with Crippen LogP contribution in [-0.2, 0) is 16.0 Å². The van der Waals surface area contributed by atoms with Crippen LogP contribution in [0.1, 0.15) is 35.7 Å². The standard InChI is InChI=1S/C22H23N3O3/c1-2-15-9-11-16(12-10-15)23-20(26)14-25-18-7-4-3-6-17(18)21(27)24-13-5-8-19(24)22(25)28/h3-4,6-7,9-12,19H,2,5,8,13-14H2,1H3,(H,23,26)/t19-/m1/s1. The third kappa shape index (κ3) is 3.26. The van der Waals surface area contributed by atoms with Gasteiger partial charge in [-0.1, -0.05) is 31.2 Å². The SMILES string of the molecule is CCc1ccc(NC(=O)CN2C(=O)[C@H]3CCCN3C(=O)c3ccccc32)cc1. The number of carbonyl (C=O) groups excluding carboxylic acids is 3. The number of rotatable bonds is 4. The average Bonchev–Trinajstić information content (AvgIpc) is 3.19. The fourth-order valence-corrected chi connectivity index (χ4v) is 3.94. The molecule has 2 aliphatic heterocycles. The molecule has 1 fully saturated rings. The summed E-state index contributed by atoms with van der Waals surface area (Å²) in [5, 5.41) is 2.85. The van der Waals surface area contributed by atoms with E-state index >= 15 is 0 Å². The molecule has 2 heterocycles. The zero-order chi connectivity index (χ0) is 19.7. The maximum absolute atomic E-state index is 13.2. The highest BCUT2D eigenvalue weighted by molar-refractivity contribution is 6.13. The van der Waals surface area contributed by atoms with E-state index in [-0.39, 0.29) is 24.3 Å². The van der Waals surface area contributed by atoms with Crippen molar-refractivity contribution in [3.63, 3.8) is 0 Å². The second kappa shape index (κ2) is 7.46. The Morgan fingerprint density at radius 2 is 1.86 bits per heavy atom. The average molecular weight is 377 g/mol. The lowest BCUT2D eigenvalue weighted by molar-refractivity contribution is -0.124. The van der Waals surface area contributed by atoms with E-state index in [1.807, 2.05) is 24.3 Å². The summed E-state index contributed by atoms with van der Waals surface area (Å²) in [5.74, 6) is -0.608. The monoisotopic (exact) mass is 377 g/mol. The predicted octanol–water partition coefficient (Wildman–Crippen LogP) is 2.84. The fourth-order valence-electron chi connectivity index (χ4n) is 3.94. The quantitative estimate of drug-likeness (QED) is 0.891. The Bertz CT molecular complexity index is 923. The van der Waals surface area contributed by atoms with Crippen LogP contribution in [0.3, 0.4) is 0 Å². The van der Waals surface area contributed by atoms with E-state index in [0.29, 0.717) is 29.9 Å². The minimum absolute atomic E-state index is 0.122. The molecule has 0 bridgehead atoms. The van der Waals surface area contributed by atoms with Gasteiger partial charge in [0, 0.05) is 12.2 Å². The smallest absolute Gasteiger partial charge is 0.256 e. The zero-order valence-electron chi connectivity index (χ0n) is 15.9. The molecule has 144 valence electrons. The molecule has 28 heavy (non-hydrogen) atoms. The minimum atomic E-state index is -0.489. The molecule has 1 N–H and O–H groups in total. The molecule has 2 aromatic carbocycles. The van der Waals surface area contributed by atoms with Crippen LogP contribution in [0.15, 0.2) is 48.5 Å². The first-order valence-corrected chi connectivity index (χ1v) is 9.68. The van der Waals surface area contributed by atoms with Gasteiger partial charge in [-0.05, 0) is 49.1 Å². The predicted molar refractivity (Wildman–Crippen MR) is 107 cm³/mol. The van der Waals surface area contributed by atoms with Gasteiger partial charge in [-0.15, -0.1) is 0 Å². The number of hydrogen-bond donors (Lipinski definition) is 1. The summed E-state index contributed by atoms with van der Waals surface area (Å²) in [7, 11) is 0. The molecule has 0 saturated carbocycles. The molecule has 0 unspecified atom stereocenters. The van der Waals surface area contributed by atoms with Crippen LogP contribution in [0.5, 0.6) is 0 Å². The molecule has 1 saturated heterocycles. The third-order valence-electron chi connectivity index (χ3n) is 5.44. The highest BCUT2D eigenvalue weighted by Gasteiger charge is 2.42. The van der Waals surface area contributed by atoms with E-state index in [1.54, 1.807) is 29.2 Å². The van der Waals surface area contributed by atoms with Gasteiger partial charge in [0.05, 0.1) is 11.3 Å². The molecule has 6 nitrogen and oxygen atoms in total. The fraction of sp³-hybridized carbons (Fsp3) is 0.318. The number of amides is 3. The highest BCUT2D eigenvalue weighted by Crippen LogP contribution is 2.32. The summed E-state index contributed by atoms with van der Waals surface area (Å²) < 4.78 is 0. The number of fused-ring (bicyclic) bond motifs is 2. The van der Waals surface area contributed by atoms with E-state index in [1.165, 1.54) is 10.5 Å². The molecule has 3 amide bonds. The van der Waals surface area contributed by atoms with Crippen LogP contribution >= 0.6 is 0 Å². The maximum atomic E-state index is 13.2. The van der Waals surface area contributed by atoms with Crippen molar-refractivity contribution in [3.8, 4) is 0 Å². The molecule has 2 aromatic rings. The number of aryl methyl sites for hydroxylation is 1. The Hall–Kier alpha value is -3.15. The summed E-state index contributed by atoms with van der Waals surface area (Å²) in [6.45, 7) is 2.53. The van der Waals surface area contributed by atoms with Crippen molar-refractivity contribution < 1.29 is 14.4 Å². The first-order chi connectivity index (χ1) is 13.6. The molecule has 0 spiro atoms. The maximum Gasteiger partial charge on any atom is 0.256 e. The van der Waals surface area contributed by atoms with Crippen LogP contribution in [0, 0.1) is 0 Å². The van der Waals surface area contributed by atoms with Crippen molar-refractivity contribution in [1.29, 1.82) is 0 Å². The number of benzene rings is 2. The van der Waals surface area contributed by atoms with Crippen molar-refractivity contribution in [2.45, 2.75) is 32.2 Å². The number of hydrogen-bond acceptors (Lipinski definition) is 3. The lowest BCUT2D eigenvalue weighted by Gasteiger charge is -2.25. The van der Waals surface area contributed by atoms with Gasteiger partial charge in [0.1, 0.15) is 12.6 Å². The van der Waals surface area contributed by atoms with Gasteiger partial charge < -0.3 is 15.1 Å². The summed E-state index contributed by atoms with van der Waals surface area (Å²) in [6.07, 6.45) is 2.36. The van der Waals surface area contributed by atoms with E-state index in [9.17, 15) is 14.4 Å². The Morgan fingerprint density at radius 3 is 2.61 bits per heavy atom. The van der Waals surface area contributed by atoms with Crippen molar-refractivity contribution in [2.24, 2.45) is 0 Å². The Labute approximate surface area is 164 Å². The molecule has 0 aliphatic carbocycles. The second-order valence-electron chi connectivity index (χ2n) is 7.20. The van der Waals surface area contributed by atoms with Crippen molar-refractivity contribution in [3.05, 3.63) is 59.7 Å². The Kier molecular flexibility index (Phi) is 4.86. The normalized spacial score (nSPS) is 18.5. The van der Waals surface area contributed by atoms with E-state index in [4.69, 9.17) is 0 Å². The summed E-state index contributed by atoms with van der Waals surface area (Å²) in [4.78, 5) is 41.8. The van der Waals surface area contributed by atoms with Crippen molar-refractivity contribution in [1.82, 2.24) is 4.90 Å². The Balaban J connectivity index is 1.59. The molecular weight excluding hydrogens is 354 g/mol.